The van der Waals surface area contributed by atoms with Crippen molar-refractivity contribution >= 4 is 11.9 Å². The molecule has 5 nitrogen and oxygen atoms in total. The molecule has 0 aliphatic heterocycles. The van der Waals surface area contributed by atoms with Gasteiger partial charge in [0.15, 0.2) is 5.76 Å². The highest BCUT2D eigenvalue weighted by atomic mass is 16.4. The lowest BCUT2D eigenvalue weighted by atomic mass is 10.1. The first-order valence-electron chi connectivity index (χ1n) is 6.74. The van der Waals surface area contributed by atoms with E-state index in [9.17, 15) is 9.59 Å². The van der Waals surface area contributed by atoms with Crippen molar-refractivity contribution in [1.29, 1.82) is 0 Å². The first kappa shape index (κ1) is 14.8. The van der Waals surface area contributed by atoms with Crippen molar-refractivity contribution in [3.05, 3.63) is 47.7 Å². The second-order valence-corrected chi connectivity index (χ2v) is 4.75. The monoisotopic (exact) mass is 287 g/mol. The van der Waals surface area contributed by atoms with E-state index in [0.717, 1.165) is 12.0 Å². The second kappa shape index (κ2) is 6.26. The SMILES string of the molecule is CCc1ccc(-c2ccc(C(=O)N[C@H](C)C(=O)O)o2)cc1. The van der Waals surface area contributed by atoms with E-state index in [2.05, 4.69) is 12.2 Å². The Bertz CT molecular complexity index is 643. The van der Waals surface area contributed by atoms with Gasteiger partial charge in [-0.2, -0.15) is 0 Å². The largest absolute Gasteiger partial charge is 0.480 e. The zero-order valence-electron chi connectivity index (χ0n) is 11.9. The summed E-state index contributed by atoms with van der Waals surface area (Å²) in [6.45, 7) is 3.47. The second-order valence-electron chi connectivity index (χ2n) is 4.75. The average Bonchev–Trinajstić information content (AvgIpc) is 2.97. The van der Waals surface area contributed by atoms with Crippen LogP contribution < -0.4 is 5.32 Å². The predicted molar refractivity (Wildman–Crippen MR) is 78.1 cm³/mol. The molecule has 2 aromatic rings. The number of aliphatic carboxylic acids is 1. The van der Waals surface area contributed by atoms with Crippen LogP contribution >= 0.6 is 0 Å². The molecular weight excluding hydrogens is 270 g/mol. The zero-order valence-corrected chi connectivity index (χ0v) is 11.9. The van der Waals surface area contributed by atoms with Gasteiger partial charge in [0.05, 0.1) is 0 Å². The highest BCUT2D eigenvalue weighted by Gasteiger charge is 2.18. The Morgan fingerprint density at radius 3 is 2.43 bits per heavy atom. The fraction of sp³-hybridized carbons (Fsp3) is 0.250. The number of carbonyl (C=O) groups excluding carboxylic acids is 1. The number of hydrogen-bond donors (Lipinski definition) is 2. The van der Waals surface area contributed by atoms with E-state index in [-0.39, 0.29) is 5.76 Å². The molecular formula is C16H17NO4. The summed E-state index contributed by atoms with van der Waals surface area (Å²) in [5.41, 5.74) is 2.09. The summed E-state index contributed by atoms with van der Waals surface area (Å²) in [7, 11) is 0. The van der Waals surface area contributed by atoms with Crippen LogP contribution in [0.3, 0.4) is 0 Å². The van der Waals surface area contributed by atoms with E-state index in [4.69, 9.17) is 9.52 Å². The van der Waals surface area contributed by atoms with Crippen molar-refractivity contribution in [1.82, 2.24) is 5.32 Å². The summed E-state index contributed by atoms with van der Waals surface area (Å²) in [4.78, 5) is 22.5. The van der Waals surface area contributed by atoms with Gasteiger partial charge in [0, 0.05) is 5.56 Å². The van der Waals surface area contributed by atoms with Gasteiger partial charge in [0.25, 0.3) is 5.91 Å². The van der Waals surface area contributed by atoms with E-state index < -0.39 is 17.9 Å². The summed E-state index contributed by atoms with van der Waals surface area (Å²) in [6.07, 6.45) is 0.958. The molecule has 0 saturated heterocycles. The minimum atomic E-state index is -1.09. The van der Waals surface area contributed by atoms with Crippen molar-refractivity contribution in [2.75, 3.05) is 0 Å². The number of nitrogens with one attached hydrogen (secondary N) is 1. The van der Waals surface area contributed by atoms with Gasteiger partial charge in [-0.3, -0.25) is 9.59 Å². The zero-order chi connectivity index (χ0) is 15.4. The van der Waals surface area contributed by atoms with E-state index in [1.165, 1.54) is 18.6 Å². The summed E-state index contributed by atoms with van der Waals surface area (Å²) in [6, 6.07) is 10.1. The molecule has 110 valence electrons. The van der Waals surface area contributed by atoms with Crippen LogP contribution in [-0.2, 0) is 11.2 Å². The highest BCUT2D eigenvalue weighted by molar-refractivity contribution is 5.94. The number of carboxylic acid groups (broad SMARTS) is 1. The fourth-order valence-electron chi connectivity index (χ4n) is 1.85. The van der Waals surface area contributed by atoms with Crippen molar-refractivity contribution < 1.29 is 19.1 Å². The van der Waals surface area contributed by atoms with Crippen LogP contribution in [0.2, 0.25) is 0 Å². The summed E-state index contributed by atoms with van der Waals surface area (Å²) < 4.78 is 5.48. The van der Waals surface area contributed by atoms with Gasteiger partial charge in [0.2, 0.25) is 0 Å². The lowest BCUT2D eigenvalue weighted by molar-refractivity contribution is -0.138. The molecule has 0 fully saturated rings. The molecule has 1 heterocycles. The highest BCUT2D eigenvalue weighted by Crippen LogP contribution is 2.22. The number of furan rings is 1. The predicted octanol–water partition coefficient (Wildman–Crippen LogP) is 2.71. The number of hydrogen-bond acceptors (Lipinski definition) is 3. The number of benzene rings is 1. The van der Waals surface area contributed by atoms with Crippen LogP contribution in [0.1, 0.15) is 30.0 Å². The van der Waals surface area contributed by atoms with Crippen molar-refractivity contribution in [2.24, 2.45) is 0 Å². The van der Waals surface area contributed by atoms with Gasteiger partial charge < -0.3 is 14.8 Å². The summed E-state index contributed by atoms with van der Waals surface area (Å²) >= 11 is 0. The Balaban J connectivity index is 2.13. The van der Waals surface area contributed by atoms with Crippen molar-refractivity contribution in [3.63, 3.8) is 0 Å². The molecule has 0 unspecified atom stereocenters. The molecule has 2 N–H and O–H groups in total. The van der Waals surface area contributed by atoms with Gasteiger partial charge in [0.1, 0.15) is 11.8 Å². The minimum absolute atomic E-state index is 0.0951. The maximum absolute atomic E-state index is 11.8. The molecule has 0 aliphatic carbocycles. The Kier molecular flexibility index (Phi) is 4.42. The Morgan fingerprint density at radius 2 is 1.86 bits per heavy atom. The lowest BCUT2D eigenvalue weighted by Gasteiger charge is -2.07. The van der Waals surface area contributed by atoms with Gasteiger partial charge >= 0.3 is 5.97 Å². The van der Waals surface area contributed by atoms with Crippen molar-refractivity contribution in [2.45, 2.75) is 26.3 Å². The van der Waals surface area contributed by atoms with Crippen LogP contribution in [-0.4, -0.2) is 23.0 Å². The number of rotatable bonds is 5. The molecule has 5 heteroatoms. The average molecular weight is 287 g/mol. The summed E-state index contributed by atoms with van der Waals surface area (Å²) in [5, 5.41) is 11.1. The molecule has 0 spiro atoms. The number of amides is 1. The topological polar surface area (TPSA) is 79.5 Å². The van der Waals surface area contributed by atoms with Crippen LogP contribution in [0.4, 0.5) is 0 Å². The summed E-state index contributed by atoms with van der Waals surface area (Å²) in [5.74, 6) is -0.963. The number of carboxylic acids is 1. The van der Waals surface area contributed by atoms with E-state index in [0.29, 0.717) is 5.76 Å². The Labute approximate surface area is 122 Å². The molecule has 1 aromatic carbocycles. The van der Waals surface area contributed by atoms with Crippen LogP contribution in [0.15, 0.2) is 40.8 Å². The van der Waals surface area contributed by atoms with Gasteiger partial charge in [-0.15, -0.1) is 0 Å². The fourth-order valence-corrected chi connectivity index (χ4v) is 1.85. The van der Waals surface area contributed by atoms with Gasteiger partial charge in [-0.05, 0) is 31.0 Å². The van der Waals surface area contributed by atoms with Crippen LogP contribution in [0.25, 0.3) is 11.3 Å². The van der Waals surface area contributed by atoms with Gasteiger partial charge in [-0.1, -0.05) is 31.2 Å². The molecule has 1 atom stereocenters. The van der Waals surface area contributed by atoms with Crippen LogP contribution in [0, 0.1) is 0 Å². The molecule has 0 saturated carbocycles. The van der Waals surface area contributed by atoms with Crippen molar-refractivity contribution in [3.8, 4) is 11.3 Å². The molecule has 1 amide bonds. The third kappa shape index (κ3) is 3.51. The van der Waals surface area contributed by atoms with E-state index in [1.807, 2.05) is 24.3 Å². The number of aryl methyl sites for hydroxylation is 1. The first-order chi connectivity index (χ1) is 10.0. The molecule has 2 rings (SSSR count). The Morgan fingerprint density at radius 1 is 1.19 bits per heavy atom. The lowest BCUT2D eigenvalue weighted by Crippen LogP contribution is -2.38. The third-order valence-corrected chi connectivity index (χ3v) is 3.19. The van der Waals surface area contributed by atoms with E-state index >= 15 is 0 Å². The molecule has 1 aromatic heterocycles. The maximum Gasteiger partial charge on any atom is 0.325 e. The molecule has 0 bridgehead atoms. The molecule has 0 aliphatic rings. The number of carbonyl (C=O) groups is 2. The Hall–Kier alpha value is -2.56. The smallest absolute Gasteiger partial charge is 0.325 e. The maximum atomic E-state index is 11.8. The first-order valence-corrected chi connectivity index (χ1v) is 6.74. The van der Waals surface area contributed by atoms with Gasteiger partial charge in [-0.25, -0.2) is 0 Å². The minimum Gasteiger partial charge on any atom is -0.480 e. The quantitative estimate of drug-likeness (QED) is 0.886. The molecule has 0 radical (unpaired) electrons. The molecule has 21 heavy (non-hydrogen) atoms. The normalized spacial score (nSPS) is 11.9. The third-order valence-electron chi connectivity index (χ3n) is 3.19. The standard InChI is InChI=1S/C16H17NO4/c1-3-11-4-6-12(7-5-11)13-8-9-14(21-13)15(18)17-10(2)16(19)20/h4-10H,3H2,1-2H3,(H,17,18)(H,19,20)/t10-/m1/s1. The van der Waals surface area contributed by atoms with E-state index in [1.54, 1.807) is 6.07 Å². The van der Waals surface area contributed by atoms with Crippen LogP contribution in [0.5, 0.6) is 0 Å².